The van der Waals surface area contributed by atoms with Gasteiger partial charge >= 0.3 is 5.97 Å². The van der Waals surface area contributed by atoms with Crippen molar-refractivity contribution in [3.63, 3.8) is 0 Å². The fraction of sp³-hybridized carbons (Fsp3) is 0.545. The zero-order valence-corrected chi connectivity index (χ0v) is 8.12. The third kappa shape index (κ3) is 2.86. The van der Waals surface area contributed by atoms with Crippen LogP contribution in [0.4, 0.5) is 0 Å². The summed E-state index contributed by atoms with van der Waals surface area (Å²) in [7, 11) is 0. The van der Waals surface area contributed by atoms with E-state index >= 15 is 0 Å². The predicted molar refractivity (Wildman–Crippen MR) is 51.6 cm³/mol. The van der Waals surface area contributed by atoms with E-state index in [4.69, 9.17) is 4.74 Å². The number of Topliss-reactive ketones (excluding diaryl/α,β-unsaturated/α-hetero) is 1. The predicted octanol–water partition coefficient (Wildman–Crippen LogP) is 1.63. The van der Waals surface area contributed by atoms with Crippen LogP contribution in [0.3, 0.4) is 0 Å². The van der Waals surface area contributed by atoms with Gasteiger partial charge in [-0.1, -0.05) is 13.0 Å². The zero-order chi connectivity index (χ0) is 10.4. The molecule has 1 aliphatic rings. The molecule has 1 aliphatic carbocycles. The Kier molecular flexibility index (Phi) is 4.14. The molecule has 0 aromatic heterocycles. The second-order valence-corrected chi connectivity index (χ2v) is 3.30. The van der Waals surface area contributed by atoms with Gasteiger partial charge in [0.05, 0.1) is 0 Å². The molecule has 1 rings (SSSR count). The maximum absolute atomic E-state index is 11.4. The third-order valence-electron chi connectivity index (χ3n) is 2.29. The maximum Gasteiger partial charge on any atom is 0.316 e. The van der Waals surface area contributed by atoms with Crippen LogP contribution < -0.4 is 0 Å². The lowest BCUT2D eigenvalue weighted by atomic mass is 9.88. The number of hydrogen-bond acceptors (Lipinski definition) is 3. The van der Waals surface area contributed by atoms with Crippen molar-refractivity contribution in [2.75, 3.05) is 6.61 Å². The summed E-state index contributed by atoms with van der Waals surface area (Å²) in [5, 5.41) is 0. The minimum Gasteiger partial charge on any atom is -0.460 e. The van der Waals surface area contributed by atoms with E-state index < -0.39 is 11.9 Å². The molecule has 1 fully saturated rings. The maximum atomic E-state index is 11.4. The van der Waals surface area contributed by atoms with Crippen molar-refractivity contribution in [3.05, 3.63) is 18.4 Å². The van der Waals surface area contributed by atoms with Crippen molar-refractivity contribution in [2.24, 2.45) is 5.92 Å². The summed E-state index contributed by atoms with van der Waals surface area (Å²) in [6.07, 6.45) is 4.50. The van der Waals surface area contributed by atoms with Crippen molar-refractivity contribution in [2.45, 2.75) is 25.7 Å². The lowest BCUT2D eigenvalue weighted by molar-refractivity contribution is -0.152. The van der Waals surface area contributed by atoms with E-state index in [1.54, 1.807) is 0 Å². The average molecular weight is 194 g/mol. The molecule has 0 aromatic carbocycles. The van der Waals surface area contributed by atoms with Crippen LogP contribution in [-0.4, -0.2) is 18.4 Å². The Balaban J connectivity index is 2.42. The number of hydrogen-bond donors (Lipinski definition) is 0. The summed E-state index contributed by atoms with van der Waals surface area (Å²) < 4.78 is 4.87. The molecule has 0 bridgehead atoms. The summed E-state index contributed by atoms with van der Waals surface area (Å²) >= 11 is 0. The van der Waals surface area contributed by atoms with E-state index in [1.807, 2.05) is 0 Å². The molecule has 3 heteroatoms. The molecule has 0 saturated heterocycles. The summed E-state index contributed by atoms with van der Waals surface area (Å²) in [6, 6.07) is 0. The van der Waals surface area contributed by atoms with Crippen LogP contribution in [0.2, 0.25) is 0 Å². The minimum absolute atomic E-state index is 0.0174. The number of carbonyl (C=O) groups is 2. The van der Waals surface area contributed by atoms with Crippen LogP contribution >= 0.6 is 0 Å². The van der Waals surface area contributed by atoms with Gasteiger partial charge in [0.2, 0.25) is 0 Å². The molecular formula is C11H14O3. The van der Waals surface area contributed by atoms with Crippen LogP contribution in [0.15, 0.2) is 18.4 Å². The highest BCUT2D eigenvalue weighted by atomic mass is 16.5. The standard InChI is InChI=1S/C11H14O3/c1-2-3-8-14-11(13)9-6-4-5-7-10(9)12/h3,9H,1,4-8H2. The molecule has 1 unspecified atom stereocenters. The zero-order valence-electron chi connectivity index (χ0n) is 8.12. The van der Waals surface area contributed by atoms with Gasteiger partial charge in [0.15, 0.2) is 0 Å². The highest BCUT2D eigenvalue weighted by molar-refractivity contribution is 5.99. The molecule has 1 atom stereocenters. The van der Waals surface area contributed by atoms with Gasteiger partial charge in [0.1, 0.15) is 18.3 Å². The normalized spacial score (nSPS) is 21.1. The van der Waals surface area contributed by atoms with Crippen LogP contribution in [0.25, 0.3) is 0 Å². The molecule has 0 spiro atoms. The van der Waals surface area contributed by atoms with Gasteiger partial charge in [0, 0.05) is 6.42 Å². The molecule has 1 saturated carbocycles. The molecule has 0 aliphatic heterocycles. The van der Waals surface area contributed by atoms with Gasteiger partial charge in [-0.05, 0) is 18.9 Å². The number of ketones is 1. The molecule has 76 valence electrons. The minimum atomic E-state index is -0.526. The second kappa shape index (κ2) is 5.40. The SMILES string of the molecule is C=C=CCOC(=O)C1CCCCC1=O. The fourth-order valence-electron chi connectivity index (χ4n) is 1.52. The van der Waals surface area contributed by atoms with Gasteiger partial charge in [-0.3, -0.25) is 9.59 Å². The van der Waals surface area contributed by atoms with Crippen molar-refractivity contribution < 1.29 is 14.3 Å². The first-order chi connectivity index (χ1) is 6.75. The fourth-order valence-corrected chi connectivity index (χ4v) is 1.52. The molecule has 14 heavy (non-hydrogen) atoms. The van der Waals surface area contributed by atoms with Gasteiger partial charge in [-0.2, -0.15) is 0 Å². The Hall–Kier alpha value is -1.34. The lowest BCUT2D eigenvalue weighted by Gasteiger charge is -2.18. The Labute approximate surface area is 83.4 Å². The summed E-state index contributed by atoms with van der Waals surface area (Å²) in [5.41, 5.74) is 2.50. The first kappa shape index (κ1) is 10.7. The van der Waals surface area contributed by atoms with Crippen molar-refractivity contribution in [3.8, 4) is 0 Å². The summed E-state index contributed by atoms with van der Waals surface area (Å²) in [5.74, 6) is -0.910. The van der Waals surface area contributed by atoms with Crippen LogP contribution in [0.5, 0.6) is 0 Å². The van der Waals surface area contributed by atoms with E-state index in [-0.39, 0.29) is 12.4 Å². The Morgan fingerprint density at radius 1 is 1.64 bits per heavy atom. The lowest BCUT2D eigenvalue weighted by Crippen LogP contribution is -2.28. The van der Waals surface area contributed by atoms with Crippen molar-refractivity contribution in [1.29, 1.82) is 0 Å². The molecule has 0 N–H and O–H groups in total. The quantitative estimate of drug-likeness (QED) is 0.389. The highest BCUT2D eigenvalue weighted by Gasteiger charge is 2.29. The monoisotopic (exact) mass is 194 g/mol. The largest absolute Gasteiger partial charge is 0.460 e. The van der Waals surface area contributed by atoms with Crippen LogP contribution in [0, 0.1) is 5.92 Å². The Morgan fingerprint density at radius 2 is 2.43 bits per heavy atom. The number of rotatable bonds is 3. The second-order valence-electron chi connectivity index (χ2n) is 3.30. The third-order valence-corrected chi connectivity index (χ3v) is 2.29. The van der Waals surface area contributed by atoms with Crippen LogP contribution in [0.1, 0.15) is 25.7 Å². The molecule has 0 heterocycles. The molecule has 0 radical (unpaired) electrons. The smallest absolute Gasteiger partial charge is 0.316 e. The number of ether oxygens (including phenoxy) is 1. The highest BCUT2D eigenvalue weighted by Crippen LogP contribution is 2.21. The van der Waals surface area contributed by atoms with Gasteiger partial charge in [-0.15, -0.1) is 5.73 Å². The topological polar surface area (TPSA) is 43.4 Å². The Bertz CT molecular complexity index is 274. The summed E-state index contributed by atoms with van der Waals surface area (Å²) in [4.78, 5) is 22.7. The number of carbonyl (C=O) groups excluding carboxylic acids is 2. The average Bonchev–Trinajstić information content (AvgIpc) is 2.18. The molecule has 3 nitrogen and oxygen atoms in total. The van der Waals surface area contributed by atoms with E-state index in [2.05, 4.69) is 12.3 Å². The molecule has 0 amide bonds. The van der Waals surface area contributed by atoms with Gasteiger partial charge in [-0.25, -0.2) is 0 Å². The number of esters is 1. The van der Waals surface area contributed by atoms with E-state index in [0.717, 1.165) is 12.8 Å². The van der Waals surface area contributed by atoms with Gasteiger partial charge in [0.25, 0.3) is 0 Å². The van der Waals surface area contributed by atoms with Gasteiger partial charge < -0.3 is 4.74 Å². The van der Waals surface area contributed by atoms with E-state index in [9.17, 15) is 9.59 Å². The van der Waals surface area contributed by atoms with E-state index in [0.29, 0.717) is 12.8 Å². The first-order valence-corrected chi connectivity index (χ1v) is 4.79. The van der Waals surface area contributed by atoms with Crippen LogP contribution in [-0.2, 0) is 14.3 Å². The Morgan fingerprint density at radius 3 is 3.07 bits per heavy atom. The summed E-state index contributed by atoms with van der Waals surface area (Å²) in [6.45, 7) is 3.51. The molecule has 0 aromatic rings. The van der Waals surface area contributed by atoms with E-state index in [1.165, 1.54) is 6.08 Å². The van der Waals surface area contributed by atoms with Crippen molar-refractivity contribution >= 4 is 11.8 Å². The first-order valence-electron chi connectivity index (χ1n) is 4.79. The molecular weight excluding hydrogens is 180 g/mol. The van der Waals surface area contributed by atoms with Crippen molar-refractivity contribution in [1.82, 2.24) is 0 Å².